The Morgan fingerprint density at radius 2 is 1.54 bits per heavy atom. The lowest BCUT2D eigenvalue weighted by atomic mass is 9.39. The maximum absolute atomic E-state index is 14.2. The molecule has 4 fully saturated rings. The predicted octanol–water partition coefficient (Wildman–Crippen LogP) is 7.11. The van der Waals surface area contributed by atoms with E-state index >= 15 is 0 Å². The zero-order chi connectivity index (χ0) is 77.2. The average molecular weight is 1490 g/mol. The molecule has 4 saturated carbocycles. The molecule has 5 heterocycles. The van der Waals surface area contributed by atoms with Gasteiger partial charge in [0.1, 0.15) is 36.7 Å². The molecule has 2 aliphatic heterocycles. The zero-order valence-electron chi connectivity index (χ0n) is 61.9. The van der Waals surface area contributed by atoms with Crippen molar-refractivity contribution in [3.8, 4) is 11.1 Å². The summed E-state index contributed by atoms with van der Waals surface area (Å²) >= 11 is 1.40. The third kappa shape index (κ3) is 19.0. The molecule has 30 heteroatoms. The van der Waals surface area contributed by atoms with Gasteiger partial charge in [-0.05, 0) is 165 Å². The van der Waals surface area contributed by atoms with E-state index in [9.17, 15) is 68.7 Å². The summed E-state index contributed by atoms with van der Waals surface area (Å²) in [4.78, 5) is 132. The number of amides is 9. The van der Waals surface area contributed by atoms with E-state index in [1.165, 1.54) is 28.4 Å². The number of imide groups is 1. The van der Waals surface area contributed by atoms with Crippen LogP contribution in [-0.4, -0.2) is 191 Å². The molecule has 3 aromatic carbocycles. The maximum Gasteiger partial charge on any atom is 0.410 e. The fourth-order valence-electron chi connectivity index (χ4n) is 17.3. The molecule has 0 radical (unpaired) electrons. The molecular formula is C77H97N13O16S. The van der Waals surface area contributed by atoms with E-state index in [-0.39, 0.29) is 105 Å². The van der Waals surface area contributed by atoms with Crippen molar-refractivity contribution in [2.45, 2.75) is 180 Å². The Kier molecular flexibility index (Phi) is 24.2. The normalized spacial score (nSPS) is 21.5. The Morgan fingerprint density at radius 1 is 0.794 bits per heavy atom. The number of benzene rings is 3. The second-order valence-corrected chi connectivity index (χ2v) is 31.5. The summed E-state index contributed by atoms with van der Waals surface area (Å²) < 4.78 is 23.0. The van der Waals surface area contributed by atoms with Crippen LogP contribution in [0.4, 0.5) is 26.2 Å². The highest BCUT2D eigenvalue weighted by atomic mass is 32.1. The number of aromatic nitrogens is 4. The van der Waals surface area contributed by atoms with E-state index in [1.807, 2.05) is 59.0 Å². The first-order valence-electron chi connectivity index (χ1n) is 37.1. The van der Waals surface area contributed by atoms with Gasteiger partial charge in [-0.3, -0.25) is 43.7 Å². The predicted molar refractivity (Wildman–Crippen MR) is 397 cm³/mol. The molecule has 12 rings (SSSR count). The lowest BCUT2D eigenvalue weighted by molar-refractivity contribution is -0.248. The lowest BCUT2D eigenvalue weighted by Crippen LogP contribution is -2.64. The molecule has 0 spiro atoms. The van der Waals surface area contributed by atoms with E-state index < -0.39 is 84.3 Å². The first-order chi connectivity index (χ1) is 51.6. The summed E-state index contributed by atoms with van der Waals surface area (Å²) in [5.41, 5.74) is 6.29. The second kappa shape index (κ2) is 33.6. The standard InChI is InChI=1S/C77H97N13O16S/c1-46(2)64(85-61(94)18-7-6-10-30-89-62(95)25-26-63(89)96)69(100)82-56(16-12-29-79-71(78)103)68(99)81-50-21-19-48(20-22-50)38-105-73(104)87(32-28-57(92)66(97)58(93)37-91)33-34-106-77-42-74(4)39-75(5,43-77)41-76(40-74,44-77)45-90-47(3)53(35-80-90)51-23-24-60(84-65(51)70(101)102)88-31-27-49-13-11-14-52(54(49)36-88)67(98)86-72-83-55-15-8-9-17-59(55)107-72/h8-9,11,13-15,17,19-26,35,46,56-58,64,66,91-93,97H,6-7,10,12,16,18,27-34,36-45H2,1-5H3,(H,81,99)(H,82,100)(H,85,94)(H,101,102)(H3,78,79,103)(H,83,86,98)/t56-,57+,58+,64+,66-,74?,75?,76?,77?/m0/s1/i/hD. The zero-order valence-corrected chi connectivity index (χ0v) is 61.8. The number of nitrogens with two attached hydrogens (primary N) is 1. The highest BCUT2D eigenvalue weighted by Crippen LogP contribution is 2.72. The van der Waals surface area contributed by atoms with Gasteiger partial charge >= 0.3 is 18.1 Å². The van der Waals surface area contributed by atoms with Gasteiger partial charge in [0.05, 0.1) is 41.3 Å². The largest absolute Gasteiger partial charge is 0.476 e. The van der Waals surface area contributed by atoms with E-state index in [0.717, 1.165) is 64.0 Å². The van der Waals surface area contributed by atoms with E-state index in [4.69, 9.17) is 21.0 Å². The molecule has 2 unspecified atom stereocenters. The molecule has 6 aromatic rings. The maximum atomic E-state index is 14.2. The number of aromatic carboxylic acids is 1. The number of carboxylic acids is 1. The third-order valence-corrected chi connectivity index (χ3v) is 22.2. The topological polar surface area (TPSA) is 413 Å². The number of para-hydroxylation sites is 1. The summed E-state index contributed by atoms with van der Waals surface area (Å²) in [6, 6.07) is 20.4. The fraction of sp³-hybridized carbons (Fsp3) is 0.506. The number of ether oxygens (including phenoxy) is 2. The number of aliphatic hydroxyl groups is 4. The fourth-order valence-corrected chi connectivity index (χ4v) is 18.1. The van der Waals surface area contributed by atoms with Crippen molar-refractivity contribution in [1.82, 2.24) is 45.5 Å². The van der Waals surface area contributed by atoms with Gasteiger partial charge in [0.15, 0.2) is 12.2 Å². The number of hydrogen-bond donors (Lipinski definition) is 11. The van der Waals surface area contributed by atoms with Crippen molar-refractivity contribution in [2.75, 3.05) is 61.5 Å². The Morgan fingerprint density at radius 3 is 2.25 bits per heavy atom. The molecule has 6 aliphatic rings. The first kappa shape index (κ1) is 76.9. The lowest BCUT2D eigenvalue weighted by Gasteiger charge is -2.69. The molecule has 9 amide bonds. The smallest absolute Gasteiger partial charge is 0.410 e. The molecule has 107 heavy (non-hydrogen) atoms. The number of carbonyl (C=O) groups excluding carboxylic acids is 8. The van der Waals surface area contributed by atoms with E-state index in [0.29, 0.717) is 90.6 Å². The number of nitrogens with zero attached hydrogens (tertiary/aromatic N) is 7. The van der Waals surface area contributed by atoms with Crippen molar-refractivity contribution < 1.29 is 79.6 Å². The monoisotopic (exact) mass is 1490 g/mol. The van der Waals surface area contributed by atoms with E-state index in [1.54, 1.807) is 62.2 Å². The first-order valence-corrected chi connectivity index (χ1v) is 37.4. The third-order valence-electron chi connectivity index (χ3n) is 21.3. The van der Waals surface area contributed by atoms with Crippen molar-refractivity contribution in [1.29, 1.82) is 0 Å². The highest BCUT2D eigenvalue weighted by molar-refractivity contribution is 7.22. The van der Waals surface area contributed by atoms with Crippen LogP contribution >= 0.6 is 11.3 Å². The number of unbranched alkanes of at least 4 members (excludes halogenated alkanes) is 2. The van der Waals surface area contributed by atoms with Crippen LogP contribution in [0.25, 0.3) is 21.3 Å². The minimum absolute atomic E-state index is 0.00927. The number of thiazole rings is 1. The van der Waals surface area contributed by atoms with Crippen LogP contribution in [0.2, 0.25) is 1.41 Å². The number of rotatable bonds is 35. The van der Waals surface area contributed by atoms with Crippen molar-refractivity contribution in [3.63, 3.8) is 0 Å². The minimum atomic E-state index is -1.71. The SMILES string of the molecule is [2H]NC(=O)NCCC[C@H](NC(=O)[C@H](NC(=O)CCCCCN1C(=O)C=CC1=O)C(C)C)C(=O)Nc1ccc(COC(=O)N(CCOC23CC4(C)CC(C)(CC(Cn5ncc(-c6ccc(N7CCc8cccc(C(=O)Nc9nc%10ccccc%10s9)c8C7)nc6C(=O)O)c5C)(C4)C2)C3)CC[C@@H](O)[C@H](O)[C@H](O)CO)cc1. The number of carboxylic acid groups (broad SMARTS) is 1. The number of aliphatic hydroxyl groups excluding tert-OH is 4. The number of pyridine rings is 1. The Labute approximate surface area is 625 Å². The quantitative estimate of drug-likeness (QED) is 0.0139. The average Bonchev–Trinajstić information content (AvgIpc) is 0.798. The molecule has 7 atom stereocenters. The number of hydrogen-bond acceptors (Lipinski definition) is 20. The van der Waals surface area contributed by atoms with Gasteiger partial charge in [-0.25, -0.2) is 24.4 Å². The Balaban J connectivity index is 0.717. The molecule has 29 nitrogen and oxygen atoms in total. The molecule has 572 valence electrons. The highest BCUT2D eigenvalue weighted by Gasteiger charge is 2.66. The molecule has 12 N–H and O–H groups in total. The van der Waals surface area contributed by atoms with Gasteiger partial charge in [-0.1, -0.05) is 81.9 Å². The van der Waals surface area contributed by atoms with Gasteiger partial charge in [0.25, 0.3) is 17.7 Å². The number of urea groups is 1. The van der Waals surface area contributed by atoms with Crippen LogP contribution in [0, 0.1) is 29.1 Å². The summed E-state index contributed by atoms with van der Waals surface area (Å²) in [6.45, 7) is 10.6. The summed E-state index contributed by atoms with van der Waals surface area (Å²) in [7, 11) is 0. The van der Waals surface area contributed by atoms with Crippen LogP contribution in [0.3, 0.4) is 0 Å². The van der Waals surface area contributed by atoms with Crippen LogP contribution in [-0.2, 0) is 59.6 Å². The van der Waals surface area contributed by atoms with Crippen LogP contribution in [0.5, 0.6) is 0 Å². The Hall–Kier alpha value is -9.72. The van der Waals surface area contributed by atoms with Crippen LogP contribution in [0.1, 0.15) is 154 Å². The summed E-state index contributed by atoms with van der Waals surface area (Å²) in [5.74, 6) is -3.83. The Bertz CT molecular complexity index is 4290. The molecule has 4 aliphatic carbocycles. The van der Waals surface area contributed by atoms with Gasteiger partial charge < -0.3 is 71.8 Å². The number of nitrogens with one attached hydrogen (secondary N) is 5. The van der Waals surface area contributed by atoms with Gasteiger partial charge in [0, 0.05) is 92.5 Å². The van der Waals surface area contributed by atoms with Crippen molar-refractivity contribution in [2.24, 2.45) is 27.9 Å². The van der Waals surface area contributed by atoms with Gasteiger partial charge in [0.2, 0.25) is 17.7 Å². The number of carbonyl (C=O) groups is 9. The van der Waals surface area contributed by atoms with Crippen LogP contribution < -0.4 is 37.2 Å². The van der Waals surface area contributed by atoms with Crippen molar-refractivity contribution >= 4 is 91.7 Å². The molecule has 3 aromatic heterocycles. The molecule has 4 bridgehead atoms. The second-order valence-electron chi connectivity index (χ2n) is 30.5. The van der Waals surface area contributed by atoms with Crippen LogP contribution in [0.15, 0.2) is 97.2 Å². The minimum Gasteiger partial charge on any atom is -0.476 e. The van der Waals surface area contributed by atoms with Gasteiger partial charge in [-0.2, -0.15) is 5.10 Å². The van der Waals surface area contributed by atoms with Gasteiger partial charge in [-0.15, -0.1) is 0 Å². The molecule has 0 saturated heterocycles. The number of primary amides is 1. The van der Waals surface area contributed by atoms with Crippen molar-refractivity contribution in [3.05, 3.63) is 131 Å². The summed E-state index contributed by atoms with van der Waals surface area (Å²) in [6.07, 6.45) is 5.67. The number of fused-ring (bicyclic) bond motifs is 2. The number of anilines is 3. The molecular weight excluding hydrogens is 1390 g/mol. The summed E-state index contributed by atoms with van der Waals surface area (Å²) in [5, 5.41) is 71.3. The van der Waals surface area contributed by atoms with E-state index in [2.05, 4.69) is 45.4 Å².